The van der Waals surface area contributed by atoms with Crippen LogP contribution in [-0.2, 0) is 10.8 Å². The number of halogens is 1. The van der Waals surface area contributed by atoms with Crippen LogP contribution in [0.25, 0.3) is 22.4 Å². The molecule has 3 rings (SSSR count). The third-order valence-corrected chi connectivity index (χ3v) is 8.99. The molecule has 0 aliphatic rings. The standard InChI is InChI=1S/C29H33BrN2O2S2/c1-2-3-4-5-6-10-17-36(34)21-25(33)20-35-29-27(19-31)26(22-11-8-7-9-12-22)18-28(32-29)23-13-15-24(30)16-14-23/h7-9,11-16,18,25,33H,2-6,10,17,20-21H2,1H3. The number of rotatable bonds is 14. The maximum Gasteiger partial charge on any atom is 0.115 e. The van der Waals surface area contributed by atoms with Crippen molar-refractivity contribution < 1.29 is 9.32 Å². The molecule has 2 unspecified atom stereocenters. The summed E-state index contributed by atoms with van der Waals surface area (Å²) >= 11 is 4.83. The first-order chi connectivity index (χ1) is 17.5. The number of aromatic nitrogens is 1. The fourth-order valence-corrected chi connectivity index (χ4v) is 6.50. The Kier molecular flexibility index (Phi) is 12.2. The lowest BCUT2D eigenvalue weighted by atomic mass is 9.99. The van der Waals surface area contributed by atoms with E-state index in [1.165, 1.54) is 37.4 Å². The fourth-order valence-electron chi connectivity index (χ4n) is 3.91. The molecule has 0 radical (unpaired) electrons. The van der Waals surface area contributed by atoms with Crippen LogP contribution in [0.1, 0.15) is 51.0 Å². The summed E-state index contributed by atoms with van der Waals surface area (Å²) in [7, 11) is -1.05. The molecule has 0 amide bonds. The molecule has 2 atom stereocenters. The van der Waals surface area contributed by atoms with Crippen LogP contribution >= 0.6 is 27.7 Å². The van der Waals surface area contributed by atoms with E-state index in [9.17, 15) is 14.6 Å². The van der Waals surface area contributed by atoms with Crippen molar-refractivity contribution in [3.63, 3.8) is 0 Å². The Labute approximate surface area is 230 Å². The van der Waals surface area contributed by atoms with E-state index in [1.54, 1.807) is 0 Å². The number of unbranched alkanes of at least 4 members (excludes halogenated alkanes) is 5. The van der Waals surface area contributed by atoms with Crippen molar-refractivity contribution in [2.75, 3.05) is 17.3 Å². The third-order valence-electron chi connectivity index (χ3n) is 5.84. The second-order valence-electron chi connectivity index (χ2n) is 8.76. The van der Waals surface area contributed by atoms with Gasteiger partial charge in [-0.15, -0.1) is 11.8 Å². The smallest absolute Gasteiger partial charge is 0.115 e. The summed E-state index contributed by atoms with van der Waals surface area (Å²) in [6.45, 7) is 2.20. The fraction of sp³-hybridized carbons (Fsp3) is 0.379. The van der Waals surface area contributed by atoms with Crippen LogP contribution in [0.3, 0.4) is 0 Å². The SMILES string of the molecule is CCCCCCCCS(=O)CC(O)CSc1nc(-c2ccc(Br)cc2)cc(-c2ccccc2)c1C#N. The van der Waals surface area contributed by atoms with E-state index < -0.39 is 16.9 Å². The molecule has 2 aromatic carbocycles. The summed E-state index contributed by atoms with van der Waals surface area (Å²) in [4.78, 5) is 4.80. The molecule has 0 bridgehead atoms. The van der Waals surface area contributed by atoms with Crippen LogP contribution in [-0.4, -0.2) is 37.7 Å². The third kappa shape index (κ3) is 8.85. The highest BCUT2D eigenvalue weighted by atomic mass is 79.9. The summed E-state index contributed by atoms with van der Waals surface area (Å²) in [6.07, 6.45) is 6.21. The number of hydrogen-bond acceptors (Lipinski definition) is 5. The lowest BCUT2D eigenvalue weighted by molar-refractivity contribution is 0.224. The Morgan fingerprint density at radius 1 is 1.03 bits per heavy atom. The highest BCUT2D eigenvalue weighted by Gasteiger charge is 2.18. The van der Waals surface area contributed by atoms with Crippen molar-refractivity contribution >= 4 is 38.5 Å². The van der Waals surface area contributed by atoms with Gasteiger partial charge in [0.05, 0.1) is 23.1 Å². The molecule has 1 heterocycles. The summed E-state index contributed by atoms with van der Waals surface area (Å²) in [5.74, 6) is 1.22. The van der Waals surface area contributed by atoms with Crippen LogP contribution in [0, 0.1) is 11.3 Å². The van der Waals surface area contributed by atoms with E-state index in [0.717, 1.165) is 39.7 Å². The number of nitriles is 1. The number of benzene rings is 2. The van der Waals surface area contributed by atoms with Crippen LogP contribution in [0.4, 0.5) is 0 Å². The Morgan fingerprint density at radius 3 is 2.42 bits per heavy atom. The first-order valence-corrected chi connectivity index (χ1v) is 15.7. The van der Waals surface area contributed by atoms with Gasteiger partial charge in [0, 0.05) is 37.9 Å². The van der Waals surface area contributed by atoms with E-state index in [4.69, 9.17) is 4.98 Å². The second-order valence-corrected chi connectivity index (χ2v) is 12.3. The highest BCUT2D eigenvalue weighted by Crippen LogP contribution is 2.34. The highest BCUT2D eigenvalue weighted by molar-refractivity contribution is 9.10. The topological polar surface area (TPSA) is 74.0 Å². The molecule has 0 fully saturated rings. The van der Waals surface area contributed by atoms with E-state index in [-0.39, 0.29) is 5.75 Å². The van der Waals surface area contributed by atoms with E-state index in [2.05, 4.69) is 28.9 Å². The van der Waals surface area contributed by atoms with Crippen LogP contribution in [0.2, 0.25) is 0 Å². The van der Waals surface area contributed by atoms with Gasteiger partial charge in [0.2, 0.25) is 0 Å². The Balaban J connectivity index is 1.73. The number of thioether (sulfide) groups is 1. The number of hydrogen-bond donors (Lipinski definition) is 1. The zero-order valence-corrected chi connectivity index (χ0v) is 23.9. The van der Waals surface area contributed by atoms with E-state index >= 15 is 0 Å². The summed E-state index contributed by atoms with van der Waals surface area (Å²) in [5.41, 5.74) is 3.96. The maximum absolute atomic E-state index is 12.5. The minimum absolute atomic E-state index is 0.252. The van der Waals surface area contributed by atoms with E-state index in [0.29, 0.717) is 22.1 Å². The number of nitrogens with zero attached hydrogens (tertiary/aromatic N) is 2. The molecular weight excluding hydrogens is 552 g/mol. The number of aliphatic hydroxyl groups excluding tert-OH is 1. The second kappa shape index (κ2) is 15.3. The van der Waals surface area contributed by atoms with Gasteiger partial charge >= 0.3 is 0 Å². The number of pyridine rings is 1. The van der Waals surface area contributed by atoms with Gasteiger partial charge in [-0.2, -0.15) is 5.26 Å². The molecule has 36 heavy (non-hydrogen) atoms. The Bertz CT molecular complexity index is 1160. The van der Waals surface area contributed by atoms with Crippen molar-refractivity contribution in [1.29, 1.82) is 5.26 Å². The van der Waals surface area contributed by atoms with E-state index in [1.807, 2.05) is 60.7 Å². The molecule has 1 N–H and O–H groups in total. The normalized spacial score (nSPS) is 12.7. The van der Waals surface area contributed by atoms with Gasteiger partial charge in [-0.3, -0.25) is 4.21 Å². The van der Waals surface area contributed by atoms with Gasteiger partial charge in [0.25, 0.3) is 0 Å². The minimum atomic E-state index is -1.05. The zero-order chi connectivity index (χ0) is 25.8. The molecule has 0 aliphatic carbocycles. The summed E-state index contributed by atoms with van der Waals surface area (Å²) in [5, 5.41) is 21.2. The lowest BCUT2D eigenvalue weighted by Crippen LogP contribution is -2.21. The largest absolute Gasteiger partial charge is 0.391 e. The Hall–Kier alpha value is -1.98. The molecular formula is C29H33BrN2O2S2. The monoisotopic (exact) mass is 584 g/mol. The lowest BCUT2D eigenvalue weighted by Gasteiger charge is -2.14. The summed E-state index contributed by atoms with van der Waals surface area (Å²) < 4.78 is 13.4. The molecule has 0 aliphatic heterocycles. The van der Waals surface area contributed by atoms with Crippen molar-refractivity contribution in [3.05, 3.63) is 70.7 Å². The average molecular weight is 586 g/mol. The molecule has 0 spiro atoms. The minimum Gasteiger partial charge on any atom is -0.391 e. The van der Waals surface area contributed by atoms with Crippen molar-refractivity contribution in [2.45, 2.75) is 56.6 Å². The Morgan fingerprint density at radius 2 is 1.72 bits per heavy atom. The molecule has 3 aromatic rings. The zero-order valence-electron chi connectivity index (χ0n) is 20.7. The van der Waals surface area contributed by atoms with Crippen LogP contribution in [0.15, 0.2) is 70.2 Å². The van der Waals surface area contributed by atoms with Gasteiger partial charge in [0.1, 0.15) is 11.1 Å². The first-order valence-electron chi connectivity index (χ1n) is 12.4. The van der Waals surface area contributed by atoms with Crippen molar-refractivity contribution in [2.24, 2.45) is 0 Å². The average Bonchev–Trinajstić information content (AvgIpc) is 2.89. The van der Waals surface area contributed by atoms with Crippen molar-refractivity contribution in [1.82, 2.24) is 4.98 Å². The quantitative estimate of drug-likeness (QED) is 0.156. The van der Waals surface area contributed by atoms with Crippen molar-refractivity contribution in [3.8, 4) is 28.5 Å². The molecule has 0 saturated heterocycles. The summed E-state index contributed by atoms with van der Waals surface area (Å²) in [6, 6.07) is 22.0. The predicted molar refractivity (Wildman–Crippen MR) is 156 cm³/mol. The van der Waals surface area contributed by atoms with Gasteiger partial charge in [0.15, 0.2) is 0 Å². The number of aliphatic hydroxyl groups is 1. The maximum atomic E-state index is 12.5. The van der Waals surface area contributed by atoms with Gasteiger partial charge in [-0.05, 0) is 30.2 Å². The van der Waals surface area contributed by atoms with Gasteiger partial charge in [-0.1, -0.05) is 97.4 Å². The van der Waals surface area contributed by atoms with Gasteiger partial charge in [-0.25, -0.2) is 4.98 Å². The first kappa shape index (κ1) is 28.6. The molecule has 7 heteroatoms. The van der Waals surface area contributed by atoms with Crippen LogP contribution < -0.4 is 0 Å². The van der Waals surface area contributed by atoms with Crippen LogP contribution in [0.5, 0.6) is 0 Å². The molecule has 190 valence electrons. The van der Waals surface area contributed by atoms with Gasteiger partial charge < -0.3 is 5.11 Å². The molecule has 0 saturated carbocycles. The molecule has 1 aromatic heterocycles. The predicted octanol–water partition coefficient (Wildman–Crippen LogP) is 7.61. The molecule has 4 nitrogen and oxygen atoms in total.